The first kappa shape index (κ1) is 25.3. The van der Waals surface area contributed by atoms with E-state index in [4.69, 9.17) is 0 Å². The lowest BCUT2D eigenvalue weighted by atomic mass is 9.65. The fourth-order valence-corrected chi connectivity index (χ4v) is 5.98. The molecular formula is C30H32Br2O2. The fraction of sp³-hybridized carbons (Fsp3) is 0.367. The van der Waals surface area contributed by atoms with Crippen LogP contribution in [-0.2, 0) is 16.4 Å². The molecule has 1 N–H and O–H groups in total. The summed E-state index contributed by atoms with van der Waals surface area (Å²) in [4.78, 5) is 11.7. The molecule has 0 saturated heterocycles. The van der Waals surface area contributed by atoms with E-state index in [-0.39, 0.29) is 16.6 Å². The Hall–Kier alpha value is -1.75. The van der Waals surface area contributed by atoms with Gasteiger partial charge in [-0.1, -0.05) is 102 Å². The van der Waals surface area contributed by atoms with Crippen molar-refractivity contribution in [3.63, 3.8) is 0 Å². The first-order valence-corrected chi connectivity index (χ1v) is 13.4. The molecule has 1 atom stereocenters. The maximum Gasteiger partial charge on any atom is 0.163 e. The highest BCUT2D eigenvalue weighted by atomic mass is 79.9. The van der Waals surface area contributed by atoms with Crippen molar-refractivity contribution in [3.8, 4) is 0 Å². The molecule has 5 rings (SSSR count). The van der Waals surface area contributed by atoms with Crippen LogP contribution in [0.15, 0.2) is 75.7 Å². The maximum absolute atomic E-state index is 11.7. The zero-order chi connectivity index (χ0) is 24.7. The van der Waals surface area contributed by atoms with Crippen LogP contribution in [0.25, 0.3) is 0 Å². The first-order valence-electron chi connectivity index (χ1n) is 11.9. The van der Waals surface area contributed by atoms with E-state index >= 15 is 0 Å². The first-order chi connectivity index (χ1) is 15.9. The number of aliphatic hydroxyl groups is 1. The fourth-order valence-electron chi connectivity index (χ4n) is 5.26. The minimum absolute atomic E-state index is 0.108. The average Bonchev–Trinajstić information content (AvgIpc) is 2.80. The molecule has 34 heavy (non-hydrogen) atoms. The highest BCUT2D eigenvalue weighted by Crippen LogP contribution is 2.48. The molecule has 0 bridgehead atoms. The van der Waals surface area contributed by atoms with Crippen molar-refractivity contribution in [1.29, 1.82) is 0 Å². The van der Waals surface area contributed by atoms with Crippen LogP contribution < -0.4 is 0 Å². The van der Waals surface area contributed by atoms with Gasteiger partial charge in [0.15, 0.2) is 5.78 Å². The van der Waals surface area contributed by atoms with Crippen molar-refractivity contribution in [3.05, 3.63) is 103 Å². The van der Waals surface area contributed by atoms with Crippen LogP contribution in [0.5, 0.6) is 0 Å². The molecule has 0 spiro atoms. The maximum atomic E-state index is 11.7. The number of carbonyl (C=O) groups is 1. The predicted molar refractivity (Wildman–Crippen MR) is 147 cm³/mol. The van der Waals surface area contributed by atoms with Crippen molar-refractivity contribution in [2.24, 2.45) is 0 Å². The van der Waals surface area contributed by atoms with E-state index in [2.05, 4.69) is 83.8 Å². The van der Waals surface area contributed by atoms with Gasteiger partial charge in [0.25, 0.3) is 0 Å². The summed E-state index contributed by atoms with van der Waals surface area (Å²) in [6.45, 7) is 8.91. The van der Waals surface area contributed by atoms with Crippen LogP contribution in [0.3, 0.4) is 0 Å². The van der Waals surface area contributed by atoms with Gasteiger partial charge >= 0.3 is 0 Å². The molecule has 0 aromatic heterocycles. The molecule has 0 heterocycles. The average molecular weight is 584 g/mol. The standard InChI is InChI=1S/C18H19BrO.C12H13BrO/c1-17(2)10-11-18(20,13-6-4-3-5-7-13)16-12-14(19)8-9-15(16)17;1-12(2)6-5-11(14)9-7-8(13)3-4-10(9)12/h3-9,12,20H,10-11H2,1-2H3;3-4,7H,5-6H2,1-2H3. The van der Waals surface area contributed by atoms with Crippen LogP contribution in [0.4, 0.5) is 0 Å². The molecule has 178 valence electrons. The zero-order valence-corrected chi connectivity index (χ0v) is 23.5. The highest BCUT2D eigenvalue weighted by molar-refractivity contribution is 9.10. The second-order valence-corrected chi connectivity index (χ2v) is 12.6. The van der Waals surface area contributed by atoms with Gasteiger partial charge in [-0.25, -0.2) is 0 Å². The van der Waals surface area contributed by atoms with Crippen molar-refractivity contribution in [2.45, 2.75) is 69.8 Å². The molecule has 0 aliphatic heterocycles. The third-order valence-corrected chi connectivity index (χ3v) is 8.49. The van der Waals surface area contributed by atoms with Gasteiger partial charge in [0.2, 0.25) is 0 Å². The summed E-state index contributed by atoms with van der Waals surface area (Å²) in [5, 5.41) is 11.3. The van der Waals surface area contributed by atoms with Crippen molar-refractivity contribution in [1.82, 2.24) is 0 Å². The lowest BCUT2D eigenvalue weighted by Crippen LogP contribution is -2.38. The van der Waals surface area contributed by atoms with Crippen LogP contribution in [-0.4, -0.2) is 10.9 Å². The van der Waals surface area contributed by atoms with Gasteiger partial charge in [-0.15, -0.1) is 0 Å². The van der Waals surface area contributed by atoms with Crippen LogP contribution in [0, 0.1) is 0 Å². The summed E-state index contributed by atoms with van der Waals surface area (Å²) in [7, 11) is 0. The Bertz CT molecular complexity index is 1210. The Labute approximate surface area is 220 Å². The van der Waals surface area contributed by atoms with E-state index < -0.39 is 5.60 Å². The largest absolute Gasteiger partial charge is 0.380 e. The summed E-state index contributed by atoms with van der Waals surface area (Å²) in [5.41, 5.74) is 4.73. The Kier molecular flexibility index (Phi) is 6.98. The lowest BCUT2D eigenvalue weighted by molar-refractivity contribution is 0.0496. The molecule has 0 saturated carbocycles. The monoisotopic (exact) mass is 582 g/mol. The van der Waals surface area contributed by atoms with Gasteiger partial charge in [-0.05, 0) is 76.6 Å². The predicted octanol–water partition coefficient (Wildman–Crippen LogP) is 8.46. The summed E-state index contributed by atoms with van der Waals surface area (Å²) >= 11 is 6.94. The Morgan fingerprint density at radius 2 is 1.29 bits per heavy atom. The minimum Gasteiger partial charge on any atom is -0.380 e. The molecule has 0 radical (unpaired) electrons. The smallest absolute Gasteiger partial charge is 0.163 e. The topological polar surface area (TPSA) is 37.3 Å². The van der Waals surface area contributed by atoms with Gasteiger partial charge in [-0.2, -0.15) is 0 Å². The van der Waals surface area contributed by atoms with Crippen molar-refractivity contribution < 1.29 is 9.90 Å². The molecule has 2 aliphatic carbocycles. The number of hydrogen-bond acceptors (Lipinski definition) is 2. The van der Waals surface area contributed by atoms with E-state index in [1.54, 1.807) is 0 Å². The second-order valence-electron chi connectivity index (χ2n) is 10.8. The van der Waals surface area contributed by atoms with Gasteiger partial charge in [0, 0.05) is 20.9 Å². The zero-order valence-electron chi connectivity index (χ0n) is 20.3. The highest BCUT2D eigenvalue weighted by Gasteiger charge is 2.42. The Morgan fingerprint density at radius 3 is 1.97 bits per heavy atom. The number of carbonyl (C=O) groups excluding carboxylic acids is 1. The summed E-state index contributed by atoms with van der Waals surface area (Å²) in [5.74, 6) is 0.278. The van der Waals surface area contributed by atoms with E-state index in [9.17, 15) is 9.90 Å². The van der Waals surface area contributed by atoms with Crippen LogP contribution in [0.2, 0.25) is 0 Å². The molecule has 2 aliphatic rings. The van der Waals surface area contributed by atoms with E-state index in [0.29, 0.717) is 6.42 Å². The van der Waals surface area contributed by atoms with Crippen molar-refractivity contribution >= 4 is 37.6 Å². The molecule has 0 fully saturated rings. The summed E-state index contributed by atoms with van der Waals surface area (Å²) in [6, 6.07) is 22.3. The summed E-state index contributed by atoms with van der Waals surface area (Å²) < 4.78 is 2.01. The number of rotatable bonds is 1. The second kappa shape index (κ2) is 9.37. The Balaban J connectivity index is 0.000000172. The number of benzene rings is 3. The molecule has 3 aromatic carbocycles. The number of ketones is 1. The Morgan fingerprint density at radius 1 is 0.706 bits per heavy atom. The molecule has 2 nitrogen and oxygen atoms in total. The van der Waals surface area contributed by atoms with E-state index in [0.717, 1.165) is 44.9 Å². The molecule has 4 heteroatoms. The van der Waals surface area contributed by atoms with E-state index in [1.807, 2.05) is 42.5 Å². The molecule has 3 aromatic rings. The van der Waals surface area contributed by atoms with Gasteiger partial charge in [0.1, 0.15) is 5.60 Å². The summed E-state index contributed by atoms with van der Waals surface area (Å²) in [6.07, 6.45) is 3.37. The van der Waals surface area contributed by atoms with Gasteiger partial charge in [0.05, 0.1) is 0 Å². The molecular weight excluding hydrogens is 552 g/mol. The molecule has 0 amide bonds. The molecule has 1 unspecified atom stereocenters. The quantitative estimate of drug-likeness (QED) is 0.312. The van der Waals surface area contributed by atoms with Gasteiger partial charge < -0.3 is 5.11 Å². The number of hydrogen-bond donors (Lipinski definition) is 1. The van der Waals surface area contributed by atoms with Crippen molar-refractivity contribution in [2.75, 3.05) is 0 Å². The lowest BCUT2D eigenvalue weighted by Gasteiger charge is -2.42. The van der Waals surface area contributed by atoms with Crippen LogP contribution in [0.1, 0.15) is 86.0 Å². The number of Topliss-reactive ketones (excluding diaryl/α,β-unsaturated/α-hetero) is 1. The minimum atomic E-state index is -0.879. The number of halogens is 2. The van der Waals surface area contributed by atoms with Crippen LogP contribution >= 0.6 is 31.9 Å². The normalized spacial score (nSPS) is 22.1. The number of fused-ring (bicyclic) bond motifs is 2. The SMILES string of the molecule is CC1(C)CCC(=O)c2cc(Br)ccc21.CC1(C)CCC(O)(c2ccccc2)c2cc(Br)ccc21. The third-order valence-electron chi connectivity index (χ3n) is 7.51. The third kappa shape index (κ3) is 4.82. The van der Waals surface area contributed by atoms with E-state index in [1.165, 1.54) is 11.1 Å². The van der Waals surface area contributed by atoms with Gasteiger partial charge in [-0.3, -0.25) is 4.79 Å².